The SMILES string of the molecule is CN(Cc1ccccc1)C(C(=O)O)c1ccc(C(=O)O)cc1. The molecule has 1 atom stereocenters. The fourth-order valence-corrected chi connectivity index (χ4v) is 2.36. The van der Waals surface area contributed by atoms with Crippen LogP contribution in [0.1, 0.15) is 27.5 Å². The number of aliphatic carboxylic acids is 1. The molecule has 2 N–H and O–H groups in total. The van der Waals surface area contributed by atoms with E-state index in [1.165, 1.54) is 12.1 Å². The van der Waals surface area contributed by atoms with Crippen LogP contribution in [-0.2, 0) is 11.3 Å². The summed E-state index contributed by atoms with van der Waals surface area (Å²) in [5.41, 5.74) is 1.70. The molecular formula is C17H17NO4. The number of nitrogens with zero attached hydrogens (tertiary/aromatic N) is 1. The molecule has 0 aliphatic rings. The van der Waals surface area contributed by atoms with Gasteiger partial charge in [0.25, 0.3) is 0 Å². The standard InChI is InChI=1S/C17H17NO4/c1-18(11-12-5-3-2-4-6-12)15(17(21)22)13-7-9-14(10-8-13)16(19)20/h2-10,15H,11H2,1H3,(H,19,20)(H,21,22). The Morgan fingerprint density at radius 2 is 1.59 bits per heavy atom. The number of rotatable bonds is 6. The summed E-state index contributed by atoms with van der Waals surface area (Å²) in [4.78, 5) is 24.2. The van der Waals surface area contributed by atoms with Crippen molar-refractivity contribution < 1.29 is 19.8 Å². The van der Waals surface area contributed by atoms with Gasteiger partial charge in [-0.2, -0.15) is 0 Å². The van der Waals surface area contributed by atoms with Crippen LogP contribution in [0.5, 0.6) is 0 Å². The number of hydrogen-bond donors (Lipinski definition) is 2. The first-order valence-corrected chi connectivity index (χ1v) is 6.79. The Morgan fingerprint density at radius 1 is 1.00 bits per heavy atom. The molecule has 0 aliphatic heterocycles. The Morgan fingerprint density at radius 3 is 2.09 bits per heavy atom. The molecule has 114 valence electrons. The normalized spacial score (nSPS) is 12.1. The highest BCUT2D eigenvalue weighted by Crippen LogP contribution is 2.22. The lowest BCUT2D eigenvalue weighted by Crippen LogP contribution is -2.30. The van der Waals surface area contributed by atoms with Crippen LogP contribution in [0.3, 0.4) is 0 Å². The van der Waals surface area contributed by atoms with Gasteiger partial charge in [0.1, 0.15) is 6.04 Å². The topological polar surface area (TPSA) is 77.8 Å². The lowest BCUT2D eigenvalue weighted by Gasteiger charge is -2.25. The largest absolute Gasteiger partial charge is 0.480 e. The van der Waals surface area contributed by atoms with Gasteiger partial charge in [-0.25, -0.2) is 4.79 Å². The lowest BCUT2D eigenvalue weighted by molar-refractivity contribution is -0.143. The van der Waals surface area contributed by atoms with Gasteiger partial charge >= 0.3 is 11.9 Å². The van der Waals surface area contributed by atoms with Gasteiger partial charge in [0.15, 0.2) is 0 Å². The van der Waals surface area contributed by atoms with Crippen LogP contribution in [0.25, 0.3) is 0 Å². The van der Waals surface area contributed by atoms with E-state index in [0.717, 1.165) is 5.56 Å². The third-order valence-electron chi connectivity index (χ3n) is 3.42. The van der Waals surface area contributed by atoms with Gasteiger partial charge in [-0.1, -0.05) is 42.5 Å². The molecule has 0 spiro atoms. The van der Waals surface area contributed by atoms with E-state index >= 15 is 0 Å². The first-order valence-electron chi connectivity index (χ1n) is 6.79. The van der Waals surface area contributed by atoms with Crippen molar-refractivity contribution in [3.05, 3.63) is 71.3 Å². The van der Waals surface area contributed by atoms with E-state index < -0.39 is 18.0 Å². The summed E-state index contributed by atoms with van der Waals surface area (Å²) in [7, 11) is 1.73. The Hall–Kier alpha value is -2.66. The summed E-state index contributed by atoms with van der Waals surface area (Å²) >= 11 is 0. The summed E-state index contributed by atoms with van der Waals surface area (Å²) in [6, 6.07) is 14.7. The van der Waals surface area contributed by atoms with Crippen molar-refractivity contribution in [2.24, 2.45) is 0 Å². The van der Waals surface area contributed by atoms with E-state index in [0.29, 0.717) is 12.1 Å². The van der Waals surface area contributed by atoms with E-state index in [2.05, 4.69) is 0 Å². The van der Waals surface area contributed by atoms with Gasteiger partial charge in [0.05, 0.1) is 5.56 Å². The number of carboxylic acid groups (broad SMARTS) is 2. The van der Waals surface area contributed by atoms with Crippen molar-refractivity contribution in [3.63, 3.8) is 0 Å². The molecule has 2 aromatic carbocycles. The van der Waals surface area contributed by atoms with Crippen LogP contribution in [-0.4, -0.2) is 34.1 Å². The van der Waals surface area contributed by atoms with Crippen LogP contribution < -0.4 is 0 Å². The molecule has 0 bridgehead atoms. The molecule has 0 fully saturated rings. The van der Waals surface area contributed by atoms with E-state index in [1.54, 1.807) is 24.1 Å². The van der Waals surface area contributed by atoms with E-state index in [4.69, 9.17) is 5.11 Å². The smallest absolute Gasteiger partial charge is 0.335 e. The van der Waals surface area contributed by atoms with Gasteiger partial charge < -0.3 is 10.2 Å². The van der Waals surface area contributed by atoms with Gasteiger partial charge in [-0.05, 0) is 30.3 Å². The maximum Gasteiger partial charge on any atom is 0.335 e. The summed E-state index contributed by atoms with van der Waals surface area (Å²) in [6.45, 7) is 0.485. The van der Waals surface area contributed by atoms with Crippen LogP contribution in [0.15, 0.2) is 54.6 Å². The summed E-state index contributed by atoms with van der Waals surface area (Å²) in [5.74, 6) is -2.00. The second kappa shape index (κ2) is 6.87. The number of aromatic carboxylic acids is 1. The summed E-state index contributed by atoms with van der Waals surface area (Å²) < 4.78 is 0. The molecule has 1 unspecified atom stereocenters. The maximum atomic E-state index is 11.6. The van der Waals surface area contributed by atoms with Crippen molar-refractivity contribution >= 4 is 11.9 Å². The average Bonchev–Trinajstić information content (AvgIpc) is 2.48. The molecule has 0 aliphatic carbocycles. The van der Waals surface area contributed by atoms with Gasteiger partial charge in [0, 0.05) is 6.54 Å². The second-order valence-corrected chi connectivity index (χ2v) is 5.07. The molecule has 5 heteroatoms. The zero-order chi connectivity index (χ0) is 16.1. The molecule has 0 radical (unpaired) electrons. The summed E-state index contributed by atoms with van der Waals surface area (Å²) in [6.07, 6.45) is 0. The highest BCUT2D eigenvalue weighted by molar-refractivity contribution is 5.87. The number of carbonyl (C=O) groups is 2. The molecule has 0 amide bonds. The van der Waals surface area contributed by atoms with Crippen molar-refractivity contribution in [2.75, 3.05) is 7.05 Å². The molecule has 0 saturated heterocycles. The first kappa shape index (κ1) is 15.7. The third kappa shape index (κ3) is 3.71. The fraction of sp³-hybridized carbons (Fsp3) is 0.176. The Balaban J connectivity index is 2.22. The Bertz CT molecular complexity index is 652. The number of hydrogen-bond acceptors (Lipinski definition) is 3. The molecule has 5 nitrogen and oxygen atoms in total. The van der Waals surface area contributed by atoms with Crippen LogP contribution in [0.4, 0.5) is 0 Å². The zero-order valence-electron chi connectivity index (χ0n) is 12.1. The quantitative estimate of drug-likeness (QED) is 0.857. The maximum absolute atomic E-state index is 11.6. The second-order valence-electron chi connectivity index (χ2n) is 5.07. The monoisotopic (exact) mass is 299 g/mol. The Labute approximate surface area is 128 Å². The number of benzene rings is 2. The molecule has 0 saturated carbocycles. The Kier molecular flexibility index (Phi) is 4.91. The number of likely N-dealkylation sites (N-methyl/N-ethyl adjacent to an activating group) is 1. The molecular weight excluding hydrogens is 282 g/mol. The van der Waals surface area contributed by atoms with Gasteiger partial charge in [0.2, 0.25) is 0 Å². The predicted molar refractivity (Wildman–Crippen MR) is 81.7 cm³/mol. The lowest BCUT2D eigenvalue weighted by atomic mass is 10.0. The molecule has 0 aromatic heterocycles. The van der Waals surface area contributed by atoms with Crippen molar-refractivity contribution in [3.8, 4) is 0 Å². The highest BCUT2D eigenvalue weighted by atomic mass is 16.4. The molecule has 0 heterocycles. The van der Waals surface area contributed by atoms with E-state index in [1.807, 2.05) is 30.3 Å². The minimum atomic E-state index is -1.03. The summed E-state index contributed by atoms with van der Waals surface area (Å²) in [5, 5.41) is 18.4. The minimum Gasteiger partial charge on any atom is -0.480 e. The van der Waals surface area contributed by atoms with Crippen molar-refractivity contribution in [1.29, 1.82) is 0 Å². The zero-order valence-corrected chi connectivity index (χ0v) is 12.1. The highest BCUT2D eigenvalue weighted by Gasteiger charge is 2.24. The fourth-order valence-electron chi connectivity index (χ4n) is 2.36. The van der Waals surface area contributed by atoms with Crippen LogP contribution in [0, 0.1) is 0 Å². The van der Waals surface area contributed by atoms with Crippen molar-refractivity contribution in [2.45, 2.75) is 12.6 Å². The predicted octanol–water partition coefficient (Wildman–Crippen LogP) is 2.64. The molecule has 2 rings (SSSR count). The van der Waals surface area contributed by atoms with Crippen LogP contribution in [0.2, 0.25) is 0 Å². The van der Waals surface area contributed by atoms with E-state index in [-0.39, 0.29) is 5.56 Å². The average molecular weight is 299 g/mol. The molecule has 22 heavy (non-hydrogen) atoms. The minimum absolute atomic E-state index is 0.138. The van der Waals surface area contributed by atoms with Gasteiger partial charge in [-0.15, -0.1) is 0 Å². The molecule has 2 aromatic rings. The van der Waals surface area contributed by atoms with E-state index in [9.17, 15) is 14.7 Å². The van der Waals surface area contributed by atoms with Gasteiger partial charge in [-0.3, -0.25) is 9.69 Å². The first-order chi connectivity index (χ1) is 10.5. The van der Waals surface area contributed by atoms with Crippen LogP contribution >= 0.6 is 0 Å². The van der Waals surface area contributed by atoms with Crippen molar-refractivity contribution in [1.82, 2.24) is 4.90 Å². The number of carboxylic acids is 2. The third-order valence-corrected chi connectivity index (χ3v) is 3.42.